The summed E-state index contributed by atoms with van der Waals surface area (Å²) in [5.41, 5.74) is 1.52. The summed E-state index contributed by atoms with van der Waals surface area (Å²) >= 11 is 0. The van der Waals surface area contributed by atoms with E-state index in [2.05, 4.69) is 17.0 Å². The van der Waals surface area contributed by atoms with E-state index >= 15 is 0 Å². The second-order valence-electron chi connectivity index (χ2n) is 6.25. The third kappa shape index (κ3) is 3.60. The third-order valence-corrected chi connectivity index (χ3v) is 3.80. The van der Waals surface area contributed by atoms with Crippen molar-refractivity contribution in [2.24, 2.45) is 0 Å². The van der Waals surface area contributed by atoms with Gasteiger partial charge in [-0.05, 0) is 40.2 Å². The number of amides is 1. The lowest BCUT2D eigenvalue weighted by atomic mass is 10.0. The zero-order valence-corrected chi connectivity index (χ0v) is 14.7. The van der Waals surface area contributed by atoms with Gasteiger partial charge in [-0.2, -0.15) is 5.10 Å². The van der Waals surface area contributed by atoms with Crippen molar-refractivity contribution in [3.8, 4) is 11.4 Å². The highest BCUT2D eigenvalue weighted by atomic mass is 16.2. The Morgan fingerprint density at radius 1 is 1.17 bits per heavy atom. The van der Waals surface area contributed by atoms with Crippen molar-refractivity contribution in [2.45, 2.75) is 59.7 Å². The van der Waals surface area contributed by atoms with Gasteiger partial charge in [-0.25, -0.2) is 9.67 Å². The summed E-state index contributed by atoms with van der Waals surface area (Å²) in [6.07, 6.45) is 2.52. The van der Waals surface area contributed by atoms with Gasteiger partial charge >= 0.3 is 0 Å². The SMILES string of the molecule is CCCn1ncnc1-c1ccccc1C(=O)N(C(C)C)C(C)C. The Balaban J connectivity index is 2.49. The van der Waals surface area contributed by atoms with Gasteiger partial charge in [0.2, 0.25) is 0 Å². The molecular formula is C18H26N4O. The molecule has 23 heavy (non-hydrogen) atoms. The van der Waals surface area contributed by atoms with Crippen molar-refractivity contribution in [3.63, 3.8) is 0 Å². The number of carbonyl (C=O) groups excluding carboxylic acids is 1. The molecule has 0 saturated carbocycles. The molecule has 0 spiro atoms. The molecule has 0 saturated heterocycles. The molecule has 1 aromatic heterocycles. The number of benzene rings is 1. The van der Waals surface area contributed by atoms with Gasteiger partial charge in [-0.3, -0.25) is 4.79 Å². The molecular weight excluding hydrogens is 288 g/mol. The molecule has 2 aromatic rings. The lowest BCUT2D eigenvalue weighted by Gasteiger charge is -2.31. The van der Waals surface area contributed by atoms with Crippen LogP contribution in [-0.4, -0.2) is 37.7 Å². The number of aryl methyl sites for hydroxylation is 1. The Hall–Kier alpha value is -2.17. The fourth-order valence-corrected chi connectivity index (χ4v) is 2.92. The molecule has 0 bridgehead atoms. The molecule has 1 aromatic carbocycles. The number of rotatable bonds is 6. The summed E-state index contributed by atoms with van der Waals surface area (Å²) < 4.78 is 1.86. The second-order valence-corrected chi connectivity index (χ2v) is 6.25. The summed E-state index contributed by atoms with van der Waals surface area (Å²) in [7, 11) is 0. The van der Waals surface area contributed by atoms with E-state index in [4.69, 9.17) is 0 Å². The van der Waals surface area contributed by atoms with Gasteiger partial charge in [0.05, 0.1) is 5.56 Å². The Morgan fingerprint density at radius 2 is 1.83 bits per heavy atom. The van der Waals surface area contributed by atoms with E-state index in [9.17, 15) is 4.79 Å². The maximum absolute atomic E-state index is 13.1. The molecule has 0 aliphatic rings. The van der Waals surface area contributed by atoms with Crippen LogP contribution in [-0.2, 0) is 6.54 Å². The van der Waals surface area contributed by atoms with Crippen molar-refractivity contribution in [3.05, 3.63) is 36.2 Å². The molecule has 0 N–H and O–H groups in total. The normalized spacial score (nSPS) is 11.3. The summed E-state index contributed by atoms with van der Waals surface area (Å²) in [6, 6.07) is 7.94. The molecule has 1 heterocycles. The van der Waals surface area contributed by atoms with E-state index in [1.165, 1.54) is 0 Å². The van der Waals surface area contributed by atoms with Gasteiger partial charge in [0.25, 0.3) is 5.91 Å². The highest BCUT2D eigenvalue weighted by Gasteiger charge is 2.25. The first-order valence-electron chi connectivity index (χ1n) is 8.27. The van der Waals surface area contributed by atoms with E-state index in [0.29, 0.717) is 5.56 Å². The van der Waals surface area contributed by atoms with E-state index in [1.807, 2.05) is 61.5 Å². The van der Waals surface area contributed by atoms with Crippen LogP contribution < -0.4 is 0 Å². The number of hydrogen-bond acceptors (Lipinski definition) is 3. The van der Waals surface area contributed by atoms with E-state index in [-0.39, 0.29) is 18.0 Å². The first kappa shape index (κ1) is 17.2. The van der Waals surface area contributed by atoms with E-state index < -0.39 is 0 Å². The zero-order chi connectivity index (χ0) is 17.0. The van der Waals surface area contributed by atoms with Crippen molar-refractivity contribution in [1.82, 2.24) is 19.7 Å². The minimum absolute atomic E-state index is 0.0386. The van der Waals surface area contributed by atoms with Crippen molar-refractivity contribution >= 4 is 5.91 Å². The number of nitrogens with zero attached hydrogens (tertiary/aromatic N) is 4. The van der Waals surface area contributed by atoms with Crippen LogP contribution in [0.1, 0.15) is 51.4 Å². The molecule has 0 fully saturated rings. The predicted octanol–water partition coefficient (Wildman–Crippen LogP) is 3.61. The maximum atomic E-state index is 13.1. The van der Waals surface area contributed by atoms with E-state index in [0.717, 1.165) is 24.4 Å². The minimum Gasteiger partial charge on any atom is -0.334 e. The van der Waals surface area contributed by atoms with Gasteiger partial charge in [0, 0.05) is 24.2 Å². The summed E-state index contributed by atoms with van der Waals surface area (Å²) in [5, 5.41) is 4.28. The number of hydrogen-bond donors (Lipinski definition) is 0. The summed E-state index contributed by atoms with van der Waals surface area (Å²) in [5.74, 6) is 0.792. The molecule has 5 nitrogen and oxygen atoms in total. The van der Waals surface area contributed by atoms with Crippen molar-refractivity contribution in [2.75, 3.05) is 0 Å². The fourth-order valence-electron chi connectivity index (χ4n) is 2.92. The van der Waals surface area contributed by atoms with Crippen molar-refractivity contribution in [1.29, 1.82) is 0 Å². The lowest BCUT2D eigenvalue weighted by molar-refractivity contribution is 0.0644. The van der Waals surface area contributed by atoms with Crippen LogP contribution in [0.5, 0.6) is 0 Å². The van der Waals surface area contributed by atoms with Gasteiger partial charge < -0.3 is 4.90 Å². The van der Waals surface area contributed by atoms with Crippen LogP contribution in [0.4, 0.5) is 0 Å². The van der Waals surface area contributed by atoms with Crippen LogP contribution >= 0.6 is 0 Å². The van der Waals surface area contributed by atoms with Gasteiger partial charge in [0.1, 0.15) is 6.33 Å². The van der Waals surface area contributed by atoms with Crippen molar-refractivity contribution < 1.29 is 4.79 Å². The quantitative estimate of drug-likeness (QED) is 0.818. The Morgan fingerprint density at radius 3 is 2.43 bits per heavy atom. The molecule has 0 aliphatic carbocycles. The molecule has 5 heteroatoms. The highest BCUT2D eigenvalue weighted by Crippen LogP contribution is 2.24. The molecule has 0 aliphatic heterocycles. The maximum Gasteiger partial charge on any atom is 0.255 e. The third-order valence-electron chi connectivity index (χ3n) is 3.80. The average molecular weight is 314 g/mol. The lowest BCUT2D eigenvalue weighted by Crippen LogP contribution is -2.42. The van der Waals surface area contributed by atoms with Gasteiger partial charge in [0.15, 0.2) is 5.82 Å². The summed E-state index contributed by atoms with van der Waals surface area (Å²) in [6.45, 7) is 11.1. The smallest absolute Gasteiger partial charge is 0.255 e. The Labute approximate surface area is 138 Å². The highest BCUT2D eigenvalue weighted by molar-refractivity contribution is 6.00. The Kier molecular flexibility index (Phi) is 5.53. The van der Waals surface area contributed by atoms with Gasteiger partial charge in [-0.1, -0.05) is 25.1 Å². The van der Waals surface area contributed by atoms with E-state index in [1.54, 1.807) is 6.33 Å². The fraction of sp³-hybridized carbons (Fsp3) is 0.500. The first-order chi connectivity index (χ1) is 11.0. The zero-order valence-electron chi connectivity index (χ0n) is 14.7. The molecule has 0 unspecified atom stereocenters. The van der Waals surface area contributed by atoms with Crippen LogP contribution in [0.3, 0.4) is 0 Å². The number of carbonyl (C=O) groups is 1. The molecule has 1 amide bonds. The largest absolute Gasteiger partial charge is 0.334 e. The molecule has 124 valence electrons. The molecule has 0 atom stereocenters. The molecule has 2 rings (SSSR count). The standard InChI is InChI=1S/C18H26N4O/c1-6-11-21-17(19-12-20-21)15-9-7-8-10-16(15)18(23)22(13(2)3)14(4)5/h7-10,12-14H,6,11H2,1-5H3. The number of aromatic nitrogens is 3. The van der Waals surface area contributed by atoms with Crippen LogP contribution in [0, 0.1) is 0 Å². The Bertz CT molecular complexity index is 653. The van der Waals surface area contributed by atoms with Gasteiger partial charge in [-0.15, -0.1) is 0 Å². The molecule has 0 radical (unpaired) electrons. The second kappa shape index (κ2) is 7.40. The average Bonchev–Trinajstić information content (AvgIpc) is 2.95. The van der Waals surface area contributed by atoms with Crippen LogP contribution in [0.25, 0.3) is 11.4 Å². The summed E-state index contributed by atoms with van der Waals surface area (Å²) in [4.78, 5) is 19.4. The minimum atomic E-state index is 0.0386. The van der Waals surface area contributed by atoms with Crippen LogP contribution in [0.2, 0.25) is 0 Å². The topological polar surface area (TPSA) is 51.0 Å². The monoisotopic (exact) mass is 314 g/mol. The van der Waals surface area contributed by atoms with Crippen LogP contribution in [0.15, 0.2) is 30.6 Å². The predicted molar refractivity (Wildman–Crippen MR) is 92.2 cm³/mol. The first-order valence-corrected chi connectivity index (χ1v) is 8.27.